The molecule has 2 aliphatic rings. The van der Waals surface area contributed by atoms with Gasteiger partial charge in [-0.1, -0.05) is 61.0 Å². The molecule has 1 atom stereocenters. The van der Waals surface area contributed by atoms with Gasteiger partial charge in [-0.15, -0.1) is 0 Å². The number of carbonyl (C=O) groups is 2. The molecule has 146 valence electrons. The molecule has 1 saturated carbocycles. The Morgan fingerprint density at radius 3 is 2.25 bits per heavy atom. The van der Waals surface area contributed by atoms with Gasteiger partial charge in [0.25, 0.3) is 0 Å². The molecule has 2 fully saturated rings. The molecule has 0 aromatic heterocycles. The number of piperidine rings is 1. The van der Waals surface area contributed by atoms with E-state index in [4.69, 9.17) is 5.73 Å². The lowest BCUT2D eigenvalue weighted by Crippen LogP contribution is -2.54. The summed E-state index contributed by atoms with van der Waals surface area (Å²) in [7, 11) is 0. The molecule has 4 nitrogen and oxygen atoms in total. The van der Waals surface area contributed by atoms with Crippen LogP contribution in [0.4, 0.5) is 0 Å². The molecule has 1 unspecified atom stereocenters. The lowest BCUT2D eigenvalue weighted by molar-refractivity contribution is -0.145. The predicted molar refractivity (Wildman–Crippen MR) is 110 cm³/mol. The van der Waals surface area contributed by atoms with E-state index in [1.165, 1.54) is 5.56 Å². The van der Waals surface area contributed by atoms with Crippen LogP contribution in [0, 0.1) is 11.3 Å². The summed E-state index contributed by atoms with van der Waals surface area (Å²) in [5.41, 5.74) is 8.64. The van der Waals surface area contributed by atoms with Crippen molar-refractivity contribution in [1.29, 1.82) is 0 Å². The Balaban J connectivity index is 1.51. The highest BCUT2D eigenvalue weighted by Gasteiger charge is 2.43. The first-order valence-corrected chi connectivity index (χ1v) is 10.3. The molecule has 2 aromatic rings. The van der Waals surface area contributed by atoms with Crippen LogP contribution in [0.5, 0.6) is 0 Å². The number of hydrogen-bond donors (Lipinski definition) is 1. The van der Waals surface area contributed by atoms with Gasteiger partial charge in [-0.05, 0) is 48.8 Å². The molecule has 0 bridgehead atoms. The third kappa shape index (κ3) is 3.68. The van der Waals surface area contributed by atoms with Crippen molar-refractivity contribution in [3.63, 3.8) is 0 Å². The summed E-state index contributed by atoms with van der Waals surface area (Å²) >= 11 is 0. The average molecular weight is 377 g/mol. The molecule has 1 heterocycles. The van der Waals surface area contributed by atoms with Gasteiger partial charge in [0.2, 0.25) is 11.8 Å². The minimum absolute atomic E-state index is 0.161. The zero-order chi connectivity index (χ0) is 19.6. The number of hydrogen-bond acceptors (Lipinski definition) is 2. The van der Waals surface area contributed by atoms with Crippen LogP contribution in [-0.4, -0.2) is 29.8 Å². The summed E-state index contributed by atoms with van der Waals surface area (Å²) in [5, 5.41) is 0. The van der Waals surface area contributed by atoms with Crippen molar-refractivity contribution in [2.24, 2.45) is 17.1 Å². The van der Waals surface area contributed by atoms with Crippen LogP contribution in [0.3, 0.4) is 0 Å². The second-order valence-electron chi connectivity index (χ2n) is 8.38. The fourth-order valence-corrected chi connectivity index (χ4v) is 4.50. The van der Waals surface area contributed by atoms with Gasteiger partial charge in [0.15, 0.2) is 0 Å². The lowest BCUT2D eigenvalue weighted by Gasteiger charge is -2.43. The fraction of sp³-hybridized carbons (Fsp3) is 0.417. The van der Waals surface area contributed by atoms with Crippen molar-refractivity contribution in [2.45, 2.75) is 38.5 Å². The van der Waals surface area contributed by atoms with E-state index in [2.05, 4.69) is 36.4 Å². The molecule has 1 aliphatic carbocycles. The van der Waals surface area contributed by atoms with Gasteiger partial charge in [-0.2, -0.15) is 0 Å². The number of carbonyl (C=O) groups excluding carboxylic acids is 2. The number of rotatable bonds is 5. The molecule has 4 heteroatoms. The topological polar surface area (TPSA) is 63.4 Å². The van der Waals surface area contributed by atoms with Gasteiger partial charge in [-0.25, -0.2) is 0 Å². The lowest BCUT2D eigenvalue weighted by atomic mass is 9.73. The normalized spacial score (nSPS) is 22.5. The van der Waals surface area contributed by atoms with E-state index in [0.29, 0.717) is 13.0 Å². The fourth-order valence-electron chi connectivity index (χ4n) is 4.50. The maximum atomic E-state index is 12.7. The minimum atomic E-state index is -0.661. The summed E-state index contributed by atoms with van der Waals surface area (Å²) in [6.07, 6.45) is 5.28. The van der Waals surface area contributed by atoms with E-state index in [-0.39, 0.29) is 17.7 Å². The molecular formula is C24H28N2O2. The molecule has 2 N–H and O–H groups in total. The van der Waals surface area contributed by atoms with Crippen LogP contribution < -0.4 is 5.73 Å². The van der Waals surface area contributed by atoms with Crippen LogP contribution in [0.25, 0.3) is 11.1 Å². The summed E-state index contributed by atoms with van der Waals surface area (Å²) in [5.74, 6) is 0.0931. The second kappa shape index (κ2) is 7.78. The third-order valence-electron chi connectivity index (χ3n) is 6.47. The van der Waals surface area contributed by atoms with E-state index in [1.54, 1.807) is 0 Å². The number of nitrogens with zero attached hydrogens (tertiary/aromatic N) is 1. The van der Waals surface area contributed by atoms with E-state index >= 15 is 0 Å². The minimum Gasteiger partial charge on any atom is -0.369 e. The molecular weight excluding hydrogens is 348 g/mol. The summed E-state index contributed by atoms with van der Waals surface area (Å²) in [4.78, 5) is 27.1. The Bertz CT molecular complexity index is 843. The Kier molecular flexibility index (Phi) is 5.21. The zero-order valence-electron chi connectivity index (χ0n) is 16.3. The van der Waals surface area contributed by atoms with Crippen LogP contribution in [0.15, 0.2) is 54.6 Å². The van der Waals surface area contributed by atoms with Crippen molar-refractivity contribution in [1.82, 2.24) is 4.90 Å². The second-order valence-corrected chi connectivity index (χ2v) is 8.38. The first kappa shape index (κ1) is 18.7. The van der Waals surface area contributed by atoms with Crippen molar-refractivity contribution in [3.8, 4) is 11.1 Å². The first-order valence-electron chi connectivity index (χ1n) is 10.3. The van der Waals surface area contributed by atoms with Gasteiger partial charge in [0.05, 0.1) is 5.41 Å². The maximum Gasteiger partial charge on any atom is 0.225 e. The Labute approximate surface area is 166 Å². The summed E-state index contributed by atoms with van der Waals surface area (Å²) in [6, 6.07) is 18.6. The quantitative estimate of drug-likeness (QED) is 0.863. The van der Waals surface area contributed by atoms with E-state index in [0.717, 1.165) is 49.8 Å². The highest BCUT2D eigenvalue weighted by Crippen LogP contribution is 2.37. The number of nitrogens with two attached hydrogens (primary N) is 1. The van der Waals surface area contributed by atoms with Gasteiger partial charge in [0.1, 0.15) is 0 Å². The average Bonchev–Trinajstić information content (AvgIpc) is 2.68. The molecule has 28 heavy (non-hydrogen) atoms. The van der Waals surface area contributed by atoms with E-state index in [9.17, 15) is 9.59 Å². The van der Waals surface area contributed by atoms with Gasteiger partial charge in [0, 0.05) is 19.0 Å². The molecule has 1 aliphatic heterocycles. The van der Waals surface area contributed by atoms with Crippen molar-refractivity contribution >= 4 is 11.8 Å². The molecule has 0 spiro atoms. The van der Waals surface area contributed by atoms with Crippen molar-refractivity contribution in [3.05, 3.63) is 60.2 Å². The summed E-state index contributed by atoms with van der Waals surface area (Å²) < 4.78 is 0. The molecule has 2 amide bonds. The largest absolute Gasteiger partial charge is 0.369 e. The van der Waals surface area contributed by atoms with Crippen LogP contribution in [-0.2, 0) is 16.0 Å². The zero-order valence-corrected chi connectivity index (χ0v) is 16.3. The Morgan fingerprint density at radius 2 is 1.64 bits per heavy atom. The number of benzene rings is 2. The van der Waals surface area contributed by atoms with E-state index < -0.39 is 5.41 Å². The van der Waals surface area contributed by atoms with Gasteiger partial charge >= 0.3 is 0 Å². The van der Waals surface area contributed by atoms with Gasteiger partial charge < -0.3 is 10.6 Å². The SMILES string of the molecule is NC(=O)C1(Cc2ccc(-c3ccccc3)cc2)CCCN(C(=O)C2CCC2)C1. The van der Waals surface area contributed by atoms with Gasteiger partial charge in [-0.3, -0.25) is 9.59 Å². The number of likely N-dealkylation sites (tertiary alicyclic amines) is 1. The van der Waals surface area contributed by atoms with Crippen molar-refractivity contribution < 1.29 is 9.59 Å². The maximum absolute atomic E-state index is 12.7. The Morgan fingerprint density at radius 1 is 0.964 bits per heavy atom. The highest BCUT2D eigenvalue weighted by molar-refractivity contribution is 5.84. The van der Waals surface area contributed by atoms with Crippen LogP contribution >= 0.6 is 0 Å². The summed E-state index contributed by atoms with van der Waals surface area (Å²) in [6.45, 7) is 1.20. The molecule has 4 rings (SSSR count). The van der Waals surface area contributed by atoms with Crippen molar-refractivity contribution in [2.75, 3.05) is 13.1 Å². The number of primary amides is 1. The monoisotopic (exact) mass is 376 g/mol. The first-order chi connectivity index (χ1) is 13.6. The van der Waals surface area contributed by atoms with Crippen LogP contribution in [0.1, 0.15) is 37.7 Å². The predicted octanol–water partition coefficient (Wildman–Crippen LogP) is 3.79. The molecule has 0 radical (unpaired) electrons. The van der Waals surface area contributed by atoms with Crippen LogP contribution in [0.2, 0.25) is 0 Å². The highest BCUT2D eigenvalue weighted by atomic mass is 16.2. The Hall–Kier alpha value is -2.62. The smallest absolute Gasteiger partial charge is 0.225 e. The number of amides is 2. The molecule has 1 saturated heterocycles. The molecule has 2 aromatic carbocycles. The van der Waals surface area contributed by atoms with E-state index in [1.807, 2.05) is 23.1 Å². The third-order valence-corrected chi connectivity index (χ3v) is 6.47. The standard InChI is InChI=1S/C24H28N2O2/c25-23(28)24(14-5-15-26(17-24)22(27)21-8-4-9-21)16-18-10-12-20(13-11-18)19-6-2-1-3-7-19/h1-3,6-7,10-13,21H,4-5,8-9,14-17H2,(H2,25,28).